The predicted octanol–water partition coefficient (Wildman–Crippen LogP) is 4.16. The molecule has 0 aliphatic carbocycles. The van der Waals surface area contributed by atoms with Crippen molar-refractivity contribution in [1.29, 1.82) is 0 Å². The maximum atomic E-state index is 13.1. The van der Waals surface area contributed by atoms with E-state index in [9.17, 15) is 18.0 Å². The van der Waals surface area contributed by atoms with E-state index in [0.717, 1.165) is 6.07 Å². The summed E-state index contributed by atoms with van der Waals surface area (Å²) in [4.78, 5) is 15.5. The number of ether oxygens (including phenoxy) is 1. The van der Waals surface area contributed by atoms with Gasteiger partial charge in [0.2, 0.25) is 5.95 Å². The molecular formula is C18H14F3N5O2. The summed E-state index contributed by atoms with van der Waals surface area (Å²) in [6.07, 6.45) is -3.30. The molecule has 7 nitrogen and oxygen atoms in total. The third kappa shape index (κ3) is 4.53. The molecule has 0 fully saturated rings. The molecule has 3 rings (SSSR count). The molecule has 0 aliphatic heterocycles. The molecule has 0 bridgehead atoms. The van der Waals surface area contributed by atoms with Gasteiger partial charge in [-0.2, -0.15) is 23.3 Å². The van der Waals surface area contributed by atoms with Gasteiger partial charge >= 0.3 is 12.1 Å². The number of esters is 1. The highest BCUT2D eigenvalue weighted by molar-refractivity contribution is 5.89. The van der Waals surface area contributed by atoms with Crippen LogP contribution in [-0.2, 0) is 10.9 Å². The zero-order valence-corrected chi connectivity index (χ0v) is 14.5. The summed E-state index contributed by atoms with van der Waals surface area (Å²) in [6.45, 7) is 0. The number of para-hydroxylation sites is 1. The van der Waals surface area contributed by atoms with Crippen molar-refractivity contribution in [1.82, 2.24) is 15.2 Å². The topological polar surface area (TPSA) is 89.0 Å². The summed E-state index contributed by atoms with van der Waals surface area (Å²) < 4.78 is 43.9. The molecule has 2 aromatic carbocycles. The number of carbonyl (C=O) groups is 1. The number of anilines is 4. The maximum Gasteiger partial charge on any atom is 0.418 e. The molecule has 28 heavy (non-hydrogen) atoms. The zero-order chi connectivity index (χ0) is 20.1. The van der Waals surface area contributed by atoms with E-state index in [1.54, 1.807) is 24.3 Å². The molecule has 144 valence electrons. The fraction of sp³-hybridized carbons (Fsp3) is 0.111. The highest BCUT2D eigenvalue weighted by Crippen LogP contribution is 2.35. The Bertz CT molecular complexity index is 977. The highest BCUT2D eigenvalue weighted by Gasteiger charge is 2.33. The van der Waals surface area contributed by atoms with Gasteiger partial charge in [0, 0.05) is 5.69 Å². The fourth-order valence-electron chi connectivity index (χ4n) is 2.33. The SMILES string of the molecule is COC(=O)c1ccc(Nc2nncc(Nc3ccccc3C(F)(F)F)n2)cc1. The number of hydrogen-bond acceptors (Lipinski definition) is 7. The molecule has 0 unspecified atom stereocenters. The van der Waals surface area contributed by atoms with Crippen molar-refractivity contribution in [3.8, 4) is 0 Å². The van der Waals surface area contributed by atoms with Crippen molar-refractivity contribution in [2.24, 2.45) is 0 Å². The summed E-state index contributed by atoms with van der Waals surface area (Å²) in [5.74, 6) is -0.320. The third-order valence-corrected chi connectivity index (χ3v) is 3.62. The van der Waals surface area contributed by atoms with Crippen LogP contribution in [0, 0.1) is 0 Å². The van der Waals surface area contributed by atoms with Gasteiger partial charge in [-0.15, -0.1) is 5.10 Å². The minimum absolute atomic E-state index is 0.0697. The lowest BCUT2D eigenvalue weighted by Crippen LogP contribution is -2.09. The largest absolute Gasteiger partial charge is 0.465 e. The molecule has 2 N–H and O–H groups in total. The van der Waals surface area contributed by atoms with Crippen LogP contribution in [0.4, 0.5) is 36.3 Å². The van der Waals surface area contributed by atoms with Crippen LogP contribution in [0.2, 0.25) is 0 Å². The first kappa shape index (κ1) is 19.1. The van der Waals surface area contributed by atoms with E-state index >= 15 is 0 Å². The number of halogens is 3. The first-order valence-electron chi connectivity index (χ1n) is 7.95. The first-order chi connectivity index (χ1) is 13.4. The Labute approximate surface area is 157 Å². The predicted molar refractivity (Wildman–Crippen MR) is 95.6 cm³/mol. The highest BCUT2D eigenvalue weighted by atomic mass is 19.4. The average molecular weight is 389 g/mol. The van der Waals surface area contributed by atoms with Crippen LogP contribution in [0.1, 0.15) is 15.9 Å². The Kier molecular flexibility index (Phi) is 5.39. The number of rotatable bonds is 5. The number of benzene rings is 2. The van der Waals surface area contributed by atoms with Gasteiger partial charge in [0.15, 0.2) is 5.82 Å². The van der Waals surface area contributed by atoms with Gasteiger partial charge in [0.25, 0.3) is 0 Å². The lowest BCUT2D eigenvalue weighted by molar-refractivity contribution is -0.136. The lowest BCUT2D eigenvalue weighted by atomic mass is 10.1. The maximum absolute atomic E-state index is 13.1. The van der Waals surface area contributed by atoms with Gasteiger partial charge in [-0.3, -0.25) is 0 Å². The van der Waals surface area contributed by atoms with E-state index in [4.69, 9.17) is 0 Å². The van der Waals surface area contributed by atoms with Crippen molar-refractivity contribution in [3.63, 3.8) is 0 Å². The molecule has 1 heterocycles. The third-order valence-electron chi connectivity index (χ3n) is 3.62. The van der Waals surface area contributed by atoms with Gasteiger partial charge < -0.3 is 15.4 Å². The molecule has 0 saturated heterocycles. The van der Waals surface area contributed by atoms with Gasteiger partial charge in [0.1, 0.15) is 0 Å². The Balaban J connectivity index is 1.77. The fourth-order valence-corrected chi connectivity index (χ4v) is 2.33. The summed E-state index contributed by atoms with van der Waals surface area (Å²) in [7, 11) is 1.28. The normalized spacial score (nSPS) is 11.0. The van der Waals surface area contributed by atoms with Crippen molar-refractivity contribution >= 4 is 29.1 Å². The molecule has 0 atom stereocenters. The van der Waals surface area contributed by atoms with Crippen molar-refractivity contribution in [3.05, 3.63) is 65.9 Å². The molecule has 0 radical (unpaired) electrons. The summed E-state index contributed by atoms with van der Waals surface area (Å²) in [5, 5.41) is 13.0. The number of nitrogens with one attached hydrogen (secondary N) is 2. The number of nitrogens with zero attached hydrogens (tertiary/aromatic N) is 3. The van der Waals surface area contributed by atoms with E-state index in [1.165, 1.54) is 31.5 Å². The molecule has 0 aliphatic rings. The Morgan fingerprint density at radius 3 is 2.43 bits per heavy atom. The number of carbonyl (C=O) groups excluding carboxylic acids is 1. The number of aromatic nitrogens is 3. The summed E-state index contributed by atoms with van der Waals surface area (Å²) in [5.41, 5.74) is -0.0426. The standard InChI is InChI=1S/C18H14F3N5O2/c1-28-16(27)11-6-8-12(9-7-11)23-17-25-15(10-22-26-17)24-14-5-3-2-4-13(14)18(19,20)21/h2-10H,1H3,(H2,23,24,25,26). The molecule has 0 amide bonds. The van der Waals surface area contributed by atoms with E-state index in [1.807, 2.05) is 0 Å². The molecule has 10 heteroatoms. The second-order valence-electron chi connectivity index (χ2n) is 5.53. The van der Waals surface area contributed by atoms with Crippen LogP contribution >= 0.6 is 0 Å². The minimum Gasteiger partial charge on any atom is -0.465 e. The Hall–Kier alpha value is -3.69. The van der Waals surface area contributed by atoms with E-state index in [2.05, 4.69) is 30.6 Å². The molecule has 3 aromatic rings. The Morgan fingerprint density at radius 2 is 1.75 bits per heavy atom. The van der Waals surface area contributed by atoms with Crippen LogP contribution < -0.4 is 10.6 Å². The van der Waals surface area contributed by atoms with Crippen molar-refractivity contribution < 1.29 is 22.7 Å². The van der Waals surface area contributed by atoms with E-state index in [-0.39, 0.29) is 17.5 Å². The quantitative estimate of drug-likeness (QED) is 0.633. The van der Waals surface area contributed by atoms with Crippen LogP contribution in [0.5, 0.6) is 0 Å². The Morgan fingerprint density at radius 1 is 1.04 bits per heavy atom. The number of methoxy groups -OCH3 is 1. The average Bonchev–Trinajstić information content (AvgIpc) is 2.68. The first-order valence-corrected chi connectivity index (χ1v) is 7.95. The van der Waals surface area contributed by atoms with Gasteiger partial charge in [-0.05, 0) is 36.4 Å². The van der Waals surface area contributed by atoms with Crippen molar-refractivity contribution in [2.45, 2.75) is 6.18 Å². The zero-order valence-electron chi connectivity index (χ0n) is 14.5. The van der Waals surface area contributed by atoms with Gasteiger partial charge in [0.05, 0.1) is 30.1 Å². The second kappa shape index (κ2) is 7.91. The monoisotopic (exact) mass is 389 g/mol. The lowest BCUT2D eigenvalue weighted by Gasteiger charge is -2.14. The van der Waals surface area contributed by atoms with Crippen LogP contribution in [0.3, 0.4) is 0 Å². The van der Waals surface area contributed by atoms with E-state index < -0.39 is 17.7 Å². The molecular weight excluding hydrogens is 375 g/mol. The number of alkyl halides is 3. The van der Waals surface area contributed by atoms with Crippen LogP contribution in [-0.4, -0.2) is 28.3 Å². The smallest absolute Gasteiger partial charge is 0.418 e. The molecule has 1 aromatic heterocycles. The molecule has 0 saturated carbocycles. The summed E-state index contributed by atoms with van der Waals surface area (Å²) in [6, 6.07) is 11.4. The van der Waals surface area contributed by atoms with Gasteiger partial charge in [-0.25, -0.2) is 4.79 Å². The summed E-state index contributed by atoms with van der Waals surface area (Å²) >= 11 is 0. The second-order valence-corrected chi connectivity index (χ2v) is 5.53. The van der Waals surface area contributed by atoms with Gasteiger partial charge in [-0.1, -0.05) is 12.1 Å². The minimum atomic E-state index is -4.51. The van der Waals surface area contributed by atoms with Crippen molar-refractivity contribution in [2.75, 3.05) is 17.7 Å². The van der Waals surface area contributed by atoms with Crippen LogP contribution in [0.15, 0.2) is 54.7 Å². The molecule has 0 spiro atoms. The van der Waals surface area contributed by atoms with E-state index in [0.29, 0.717) is 11.3 Å². The van der Waals surface area contributed by atoms with Crippen LogP contribution in [0.25, 0.3) is 0 Å². The number of hydrogen-bond donors (Lipinski definition) is 2.